The van der Waals surface area contributed by atoms with Gasteiger partial charge in [0.25, 0.3) is 5.91 Å². The van der Waals surface area contributed by atoms with Crippen LogP contribution in [0.5, 0.6) is 0 Å². The monoisotopic (exact) mass is 294 g/mol. The van der Waals surface area contributed by atoms with E-state index in [9.17, 15) is 19.5 Å². The Morgan fingerprint density at radius 2 is 1.81 bits per heavy atom. The molecule has 2 atom stereocenters. The summed E-state index contributed by atoms with van der Waals surface area (Å²) in [4.78, 5) is 34.0. The van der Waals surface area contributed by atoms with Gasteiger partial charge in [0.1, 0.15) is 0 Å². The van der Waals surface area contributed by atoms with Crippen molar-refractivity contribution in [3.05, 3.63) is 35.9 Å². The van der Waals surface area contributed by atoms with Crippen molar-refractivity contribution in [2.45, 2.75) is 25.5 Å². The molecular weight excluding hydrogens is 276 g/mol. The van der Waals surface area contributed by atoms with Gasteiger partial charge in [-0.25, -0.2) is 4.79 Å². The van der Waals surface area contributed by atoms with Gasteiger partial charge in [0, 0.05) is 18.5 Å². The van der Waals surface area contributed by atoms with Gasteiger partial charge in [-0.3, -0.25) is 9.59 Å². The Bertz CT molecular complexity index is 501. The SMILES string of the molecule is C[C@@H](O)[C@H](NC(=O)CCNC(=O)c1ccccc1)C(=O)O. The zero-order chi connectivity index (χ0) is 15.8. The number of carboxylic acid groups (broad SMARTS) is 1. The minimum atomic E-state index is -1.36. The first-order chi connectivity index (χ1) is 9.91. The lowest BCUT2D eigenvalue weighted by Gasteiger charge is -2.17. The third-order valence-electron chi connectivity index (χ3n) is 2.74. The third kappa shape index (κ3) is 5.62. The summed E-state index contributed by atoms with van der Waals surface area (Å²) in [6.45, 7) is 1.35. The van der Waals surface area contributed by atoms with E-state index in [1.165, 1.54) is 6.92 Å². The molecule has 114 valence electrons. The zero-order valence-corrected chi connectivity index (χ0v) is 11.6. The highest BCUT2D eigenvalue weighted by molar-refractivity contribution is 5.94. The fourth-order valence-electron chi connectivity index (χ4n) is 1.62. The lowest BCUT2D eigenvalue weighted by Crippen LogP contribution is -2.48. The Morgan fingerprint density at radius 3 is 2.33 bits per heavy atom. The molecule has 0 bridgehead atoms. The molecule has 0 radical (unpaired) electrons. The number of aliphatic carboxylic acids is 1. The van der Waals surface area contributed by atoms with Gasteiger partial charge in [0.15, 0.2) is 6.04 Å². The summed E-state index contributed by atoms with van der Waals surface area (Å²) in [7, 11) is 0. The number of aliphatic hydroxyl groups excluding tert-OH is 1. The standard InChI is InChI=1S/C14H18N2O5/c1-9(17)12(14(20)21)16-11(18)7-8-15-13(19)10-5-3-2-4-6-10/h2-6,9,12,17H,7-8H2,1H3,(H,15,19)(H,16,18)(H,20,21)/t9-,12+/m1/s1. The quantitative estimate of drug-likeness (QED) is 0.554. The molecule has 1 rings (SSSR count). The van der Waals surface area contributed by atoms with Crippen LogP contribution in [0.15, 0.2) is 30.3 Å². The van der Waals surface area contributed by atoms with Crippen molar-refractivity contribution in [2.24, 2.45) is 0 Å². The van der Waals surface area contributed by atoms with Crippen LogP contribution in [0.3, 0.4) is 0 Å². The van der Waals surface area contributed by atoms with E-state index in [0.29, 0.717) is 5.56 Å². The molecule has 7 nitrogen and oxygen atoms in total. The second kappa shape index (κ2) is 8.01. The van der Waals surface area contributed by atoms with E-state index < -0.39 is 24.0 Å². The van der Waals surface area contributed by atoms with Crippen LogP contribution in [-0.4, -0.2) is 46.7 Å². The van der Waals surface area contributed by atoms with Gasteiger partial charge in [-0.1, -0.05) is 18.2 Å². The average molecular weight is 294 g/mol. The van der Waals surface area contributed by atoms with Crippen LogP contribution in [0.2, 0.25) is 0 Å². The smallest absolute Gasteiger partial charge is 0.328 e. The third-order valence-corrected chi connectivity index (χ3v) is 2.74. The van der Waals surface area contributed by atoms with Crippen LogP contribution in [0.25, 0.3) is 0 Å². The summed E-state index contributed by atoms with van der Waals surface area (Å²) >= 11 is 0. The molecular formula is C14H18N2O5. The number of nitrogens with one attached hydrogen (secondary N) is 2. The summed E-state index contributed by atoms with van der Waals surface area (Å²) in [5, 5.41) is 22.8. The number of amides is 2. The molecule has 0 aliphatic rings. The molecule has 2 amide bonds. The van der Waals surface area contributed by atoms with E-state index in [4.69, 9.17) is 5.11 Å². The maximum absolute atomic E-state index is 11.7. The molecule has 0 saturated heterocycles. The van der Waals surface area contributed by atoms with E-state index in [1.54, 1.807) is 30.3 Å². The van der Waals surface area contributed by atoms with E-state index in [1.807, 2.05) is 0 Å². The average Bonchev–Trinajstić information content (AvgIpc) is 2.45. The zero-order valence-electron chi connectivity index (χ0n) is 11.6. The largest absolute Gasteiger partial charge is 0.480 e. The van der Waals surface area contributed by atoms with Gasteiger partial charge in [-0.2, -0.15) is 0 Å². The minimum Gasteiger partial charge on any atom is -0.480 e. The topological polar surface area (TPSA) is 116 Å². The van der Waals surface area contributed by atoms with Crippen molar-refractivity contribution in [3.8, 4) is 0 Å². The van der Waals surface area contributed by atoms with Gasteiger partial charge < -0.3 is 20.8 Å². The Labute approximate surface area is 122 Å². The number of carbonyl (C=O) groups is 3. The van der Waals surface area contributed by atoms with Crippen LogP contribution in [0.4, 0.5) is 0 Å². The molecule has 1 aromatic rings. The number of carbonyl (C=O) groups excluding carboxylic acids is 2. The molecule has 0 spiro atoms. The lowest BCUT2D eigenvalue weighted by molar-refractivity contribution is -0.144. The number of carboxylic acids is 1. The number of rotatable bonds is 7. The van der Waals surface area contributed by atoms with Crippen LogP contribution >= 0.6 is 0 Å². The molecule has 21 heavy (non-hydrogen) atoms. The second-order valence-corrected chi connectivity index (χ2v) is 4.50. The fraction of sp³-hybridized carbons (Fsp3) is 0.357. The Hall–Kier alpha value is -2.41. The van der Waals surface area contributed by atoms with Crippen molar-refractivity contribution >= 4 is 17.8 Å². The normalized spacial score (nSPS) is 13.0. The summed E-state index contributed by atoms with van der Waals surface area (Å²) in [6.07, 6.45) is -1.28. The minimum absolute atomic E-state index is 0.0743. The maximum atomic E-state index is 11.7. The van der Waals surface area contributed by atoms with Crippen LogP contribution in [-0.2, 0) is 9.59 Å². The molecule has 0 unspecified atom stereocenters. The summed E-state index contributed by atoms with van der Waals surface area (Å²) < 4.78 is 0. The van der Waals surface area contributed by atoms with Crippen molar-refractivity contribution in [1.29, 1.82) is 0 Å². The second-order valence-electron chi connectivity index (χ2n) is 4.50. The molecule has 0 aliphatic heterocycles. The van der Waals surface area contributed by atoms with E-state index in [2.05, 4.69) is 10.6 Å². The summed E-state index contributed by atoms with van der Waals surface area (Å²) in [6, 6.07) is 7.16. The first kappa shape index (κ1) is 16.6. The molecule has 0 aliphatic carbocycles. The highest BCUT2D eigenvalue weighted by Crippen LogP contribution is 1.98. The number of aliphatic hydroxyl groups is 1. The fourth-order valence-corrected chi connectivity index (χ4v) is 1.62. The molecule has 4 N–H and O–H groups in total. The van der Waals surface area contributed by atoms with Crippen molar-refractivity contribution in [3.63, 3.8) is 0 Å². The lowest BCUT2D eigenvalue weighted by atomic mass is 10.2. The van der Waals surface area contributed by atoms with Crippen LogP contribution in [0, 0.1) is 0 Å². The Kier molecular flexibility index (Phi) is 6.35. The number of benzene rings is 1. The summed E-state index contributed by atoms with van der Waals surface area (Å²) in [5.74, 6) is -2.18. The number of hydrogen-bond acceptors (Lipinski definition) is 4. The van der Waals surface area contributed by atoms with Gasteiger partial charge >= 0.3 is 5.97 Å². The first-order valence-corrected chi connectivity index (χ1v) is 6.45. The highest BCUT2D eigenvalue weighted by Gasteiger charge is 2.24. The van der Waals surface area contributed by atoms with Crippen LogP contribution in [0.1, 0.15) is 23.7 Å². The molecule has 0 heterocycles. The maximum Gasteiger partial charge on any atom is 0.328 e. The molecule has 7 heteroatoms. The van der Waals surface area contributed by atoms with Crippen molar-refractivity contribution in [2.75, 3.05) is 6.54 Å². The predicted octanol–water partition coefficient (Wildman–Crippen LogP) is -0.243. The van der Waals surface area contributed by atoms with Crippen molar-refractivity contribution in [1.82, 2.24) is 10.6 Å². The van der Waals surface area contributed by atoms with Gasteiger partial charge in [-0.05, 0) is 19.1 Å². The van der Waals surface area contributed by atoms with E-state index in [0.717, 1.165) is 0 Å². The van der Waals surface area contributed by atoms with Crippen molar-refractivity contribution < 1.29 is 24.6 Å². The molecule has 1 aromatic carbocycles. The summed E-state index contributed by atoms with van der Waals surface area (Å²) in [5.41, 5.74) is 0.477. The van der Waals surface area contributed by atoms with Gasteiger partial charge in [0.2, 0.25) is 5.91 Å². The van der Waals surface area contributed by atoms with E-state index in [-0.39, 0.29) is 18.9 Å². The molecule has 0 aromatic heterocycles. The predicted molar refractivity (Wildman–Crippen MR) is 74.6 cm³/mol. The molecule has 0 fully saturated rings. The first-order valence-electron chi connectivity index (χ1n) is 6.45. The molecule has 0 saturated carbocycles. The number of hydrogen-bond donors (Lipinski definition) is 4. The van der Waals surface area contributed by atoms with Gasteiger partial charge in [-0.15, -0.1) is 0 Å². The Morgan fingerprint density at radius 1 is 1.19 bits per heavy atom. The van der Waals surface area contributed by atoms with E-state index >= 15 is 0 Å². The Balaban J connectivity index is 2.37. The van der Waals surface area contributed by atoms with Gasteiger partial charge in [0.05, 0.1) is 6.10 Å². The van der Waals surface area contributed by atoms with Crippen LogP contribution < -0.4 is 10.6 Å². The highest BCUT2D eigenvalue weighted by atomic mass is 16.4.